The molecule has 0 bridgehead atoms. The van der Waals surface area contributed by atoms with Crippen LogP contribution in [-0.4, -0.2) is 29.1 Å². The van der Waals surface area contributed by atoms with Crippen molar-refractivity contribution in [1.82, 2.24) is 4.90 Å². The van der Waals surface area contributed by atoms with E-state index in [-0.39, 0.29) is 0 Å². The number of carbonyl (C=O) groups is 1. The van der Waals surface area contributed by atoms with Gasteiger partial charge in [-0.2, -0.15) is 0 Å². The summed E-state index contributed by atoms with van der Waals surface area (Å²) in [5, 5.41) is 8.58. The molecule has 0 aromatic heterocycles. The summed E-state index contributed by atoms with van der Waals surface area (Å²) in [6.45, 7) is 5.15. The van der Waals surface area contributed by atoms with Crippen molar-refractivity contribution in [3.8, 4) is 0 Å². The minimum absolute atomic E-state index is 0.326. The Balaban J connectivity index is 2.09. The quantitative estimate of drug-likeness (QED) is 0.849. The Morgan fingerprint density at radius 2 is 2.37 bits per heavy atom. The zero-order valence-corrected chi connectivity index (χ0v) is 11.0. The van der Waals surface area contributed by atoms with E-state index in [1.807, 2.05) is 0 Å². The molecule has 0 saturated carbocycles. The fraction of sp³-hybridized carbons (Fsp3) is 0.400. The molecule has 102 valence electrons. The van der Waals surface area contributed by atoms with Gasteiger partial charge in [0.05, 0.1) is 0 Å². The number of hydrogen-bond acceptors (Lipinski definition) is 2. The number of likely N-dealkylation sites (tertiary alicyclic amines) is 1. The van der Waals surface area contributed by atoms with E-state index in [2.05, 4.69) is 11.8 Å². The van der Waals surface area contributed by atoms with Gasteiger partial charge in [0.25, 0.3) is 0 Å². The van der Waals surface area contributed by atoms with Gasteiger partial charge in [0, 0.05) is 24.7 Å². The van der Waals surface area contributed by atoms with Gasteiger partial charge in [-0.25, -0.2) is 9.18 Å². The molecule has 4 heteroatoms. The molecule has 1 aromatic carbocycles. The highest BCUT2D eigenvalue weighted by Crippen LogP contribution is 2.19. The van der Waals surface area contributed by atoms with Gasteiger partial charge in [0.15, 0.2) is 0 Å². The van der Waals surface area contributed by atoms with Crippen LogP contribution in [-0.2, 0) is 11.3 Å². The highest BCUT2D eigenvalue weighted by Gasteiger charge is 2.18. The van der Waals surface area contributed by atoms with Crippen LogP contribution in [0.3, 0.4) is 0 Å². The number of aliphatic carboxylic acids is 1. The molecule has 0 amide bonds. The van der Waals surface area contributed by atoms with Crippen molar-refractivity contribution in [3.05, 3.63) is 41.2 Å². The van der Waals surface area contributed by atoms with Gasteiger partial charge in [-0.05, 0) is 42.7 Å². The summed E-state index contributed by atoms with van der Waals surface area (Å²) in [6, 6.07) is 4.88. The van der Waals surface area contributed by atoms with Crippen molar-refractivity contribution in [2.24, 2.45) is 5.92 Å². The van der Waals surface area contributed by atoms with Crippen LogP contribution < -0.4 is 0 Å². The Bertz CT molecular complexity index is 499. The maximum atomic E-state index is 13.5. The van der Waals surface area contributed by atoms with E-state index in [0.29, 0.717) is 11.5 Å². The third-order valence-corrected chi connectivity index (χ3v) is 3.38. The number of rotatable bonds is 4. The molecule has 1 atom stereocenters. The maximum Gasteiger partial charge on any atom is 0.328 e. The fourth-order valence-corrected chi connectivity index (χ4v) is 2.41. The Morgan fingerprint density at radius 3 is 3.00 bits per heavy atom. The molecule has 19 heavy (non-hydrogen) atoms. The lowest BCUT2D eigenvalue weighted by Crippen LogP contribution is -2.19. The van der Waals surface area contributed by atoms with Crippen LogP contribution in [0.25, 0.3) is 6.08 Å². The van der Waals surface area contributed by atoms with Gasteiger partial charge in [0.1, 0.15) is 5.82 Å². The summed E-state index contributed by atoms with van der Waals surface area (Å²) in [4.78, 5) is 12.8. The van der Waals surface area contributed by atoms with Gasteiger partial charge < -0.3 is 5.11 Å². The molecule has 0 spiro atoms. The lowest BCUT2D eigenvalue weighted by Gasteiger charge is -2.15. The van der Waals surface area contributed by atoms with Gasteiger partial charge in [-0.3, -0.25) is 4.90 Å². The average Bonchev–Trinajstić information content (AvgIpc) is 2.75. The molecule has 1 N–H and O–H groups in total. The molecule has 1 aromatic rings. The highest BCUT2D eigenvalue weighted by molar-refractivity contribution is 5.85. The predicted octanol–water partition coefficient (Wildman–Crippen LogP) is 2.77. The largest absolute Gasteiger partial charge is 0.478 e. The average molecular weight is 263 g/mol. The smallest absolute Gasteiger partial charge is 0.328 e. The van der Waals surface area contributed by atoms with Gasteiger partial charge in [0.2, 0.25) is 0 Å². The third kappa shape index (κ3) is 3.89. The van der Waals surface area contributed by atoms with Crippen molar-refractivity contribution in [1.29, 1.82) is 0 Å². The zero-order valence-electron chi connectivity index (χ0n) is 11.0. The molecular weight excluding hydrogens is 245 g/mol. The van der Waals surface area contributed by atoms with Crippen molar-refractivity contribution in [2.45, 2.75) is 19.9 Å². The van der Waals surface area contributed by atoms with Crippen molar-refractivity contribution < 1.29 is 14.3 Å². The Labute approximate surface area is 112 Å². The van der Waals surface area contributed by atoms with E-state index in [1.54, 1.807) is 12.1 Å². The number of carboxylic acid groups (broad SMARTS) is 1. The lowest BCUT2D eigenvalue weighted by molar-refractivity contribution is -0.131. The van der Waals surface area contributed by atoms with Crippen molar-refractivity contribution in [2.75, 3.05) is 13.1 Å². The summed E-state index contributed by atoms with van der Waals surface area (Å²) < 4.78 is 13.5. The van der Waals surface area contributed by atoms with Crippen LogP contribution >= 0.6 is 0 Å². The highest BCUT2D eigenvalue weighted by atomic mass is 19.1. The molecule has 0 radical (unpaired) electrons. The van der Waals surface area contributed by atoms with Gasteiger partial charge in [-0.15, -0.1) is 0 Å². The Hall–Kier alpha value is -1.68. The van der Waals surface area contributed by atoms with E-state index in [9.17, 15) is 9.18 Å². The zero-order chi connectivity index (χ0) is 13.8. The fourth-order valence-electron chi connectivity index (χ4n) is 2.41. The van der Waals surface area contributed by atoms with Crippen molar-refractivity contribution in [3.63, 3.8) is 0 Å². The minimum Gasteiger partial charge on any atom is -0.478 e. The second-order valence-corrected chi connectivity index (χ2v) is 5.16. The number of halogens is 1. The molecule has 1 aliphatic heterocycles. The molecule has 3 nitrogen and oxygen atoms in total. The molecular formula is C15H18FNO2. The van der Waals surface area contributed by atoms with Crippen LogP contribution in [0, 0.1) is 11.7 Å². The van der Waals surface area contributed by atoms with E-state index in [1.165, 1.54) is 18.6 Å². The number of benzene rings is 1. The number of hydrogen-bond donors (Lipinski definition) is 1. The molecule has 2 rings (SSSR count). The minimum atomic E-state index is -1.07. The normalized spacial score (nSPS) is 20.2. The van der Waals surface area contributed by atoms with Crippen LogP contribution in [0.4, 0.5) is 4.39 Å². The van der Waals surface area contributed by atoms with Crippen LogP contribution in [0.15, 0.2) is 24.3 Å². The SMILES string of the molecule is CC1CCN(Cc2ccc(F)c(/C=C/C(=O)O)c2)C1. The third-order valence-electron chi connectivity index (χ3n) is 3.38. The summed E-state index contributed by atoms with van der Waals surface area (Å²) in [6.07, 6.45) is 3.46. The Morgan fingerprint density at radius 1 is 1.58 bits per heavy atom. The number of nitrogens with zero attached hydrogens (tertiary/aromatic N) is 1. The van der Waals surface area contributed by atoms with Gasteiger partial charge in [-0.1, -0.05) is 13.0 Å². The molecule has 1 fully saturated rings. The first-order chi connectivity index (χ1) is 9.04. The summed E-state index contributed by atoms with van der Waals surface area (Å²) >= 11 is 0. The number of carboxylic acids is 1. The topological polar surface area (TPSA) is 40.5 Å². The Kier molecular flexibility index (Phi) is 4.32. The summed E-state index contributed by atoms with van der Waals surface area (Å²) in [7, 11) is 0. The molecule has 1 unspecified atom stereocenters. The molecule has 1 saturated heterocycles. The van der Waals surface area contributed by atoms with Crippen molar-refractivity contribution >= 4 is 12.0 Å². The first kappa shape index (κ1) is 13.7. The van der Waals surface area contributed by atoms with Crippen LogP contribution in [0.2, 0.25) is 0 Å². The second-order valence-electron chi connectivity index (χ2n) is 5.16. The first-order valence-electron chi connectivity index (χ1n) is 6.46. The molecule has 1 aliphatic rings. The molecule has 1 heterocycles. The van der Waals surface area contributed by atoms with E-state index in [4.69, 9.17) is 5.11 Å². The summed E-state index contributed by atoms with van der Waals surface area (Å²) in [5.41, 5.74) is 1.34. The van der Waals surface area contributed by atoms with E-state index < -0.39 is 11.8 Å². The van der Waals surface area contributed by atoms with E-state index >= 15 is 0 Å². The van der Waals surface area contributed by atoms with E-state index in [0.717, 1.165) is 31.3 Å². The summed E-state index contributed by atoms with van der Waals surface area (Å²) in [5.74, 6) is -0.749. The molecule has 0 aliphatic carbocycles. The first-order valence-corrected chi connectivity index (χ1v) is 6.46. The standard InChI is InChI=1S/C15H18FNO2/c1-11-6-7-17(9-11)10-12-2-4-14(16)13(8-12)3-5-15(18)19/h2-5,8,11H,6-7,9-10H2,1H3,(H,18,19)/b5-3+. The van der Waals surface area contributed by atoms with Crippen LogP contribution in [0.1, 0.15) is 24.5 Å². The van der Waals surface area contributed by atoms with Gasteiger partial charge >= 0.3 is 5.97 Å². The predicted molar refractivity (Wildman–Crippen MR) is 72.1 cm³/mol. The monoisotopic (exact) mass is 263 g/mol. The van der Waals surface area contributed by atoms with Crippen LogP contribution in [0.5, 0.6) is 0 Å². The second kappa shape index (κ2) is 5.97. The maximum absolute atomic E-state index is 13.5. The lowest BCUT2D eigenvalue weighted by atomic mass is 10.1.